The van der Waals surface area contributed by atoms with E-state index in [4.69, 9.17) is 0 Å². The van der Waals surface area contributed by atoms with Crippen molar-refractivity contribution in [1.29, 1.82) is 0 Å². The molecule has 2 aromatic rings. The number of hydrogen-bond donors (Lipinski definition) is 1. The molecular weight excluding hydrogens is 304 g/mol. The smallest absolute Gasteiger partial charge is 0.257 e. The topological polar surface area (TPSA) is 69.3 Å². The molecule has 3 rings (SSSR count). The van der Waals surface area contributed by atoms with Crippen LogP contribution in [-0.2, 0) is 11.2 Å². The Morgan fingerprint density at radius 2 is 1.92 bits per heavy atom. The molecule has 0 unspecified atom stereocenters. The summed E-state index contributed by atoms with van der Waals surface area (Å²) >= 11 is 0. The maximum absolute atomic E-state index is 12.6. The fourth-order valence-corrected chi connectivity index (χ4v) is 3.16. The van der Waals surface area contributed by atoms with Crippen LogP contribution in [0.3, 0.4) is 0 Å². The van der Waals surface area contributed by atoms with Crippen molar-refractivity contribution in [2.45, 2.75) is 27.2 Å². The van der Waals surface area contributed by atoms with E-state index in [1.54, 1.807) is 16.0 Å². The minimum atomic E-state index is -0.131. The van der Waals surface area contributed by atoms with Crippen LogP contribution in [0.2, 0.25) is 0 Å². The van der Waals surface area contributed by atoms with Gasteiger partial charge in [0.15, 0.2) is 0 Å². The van der Waals surface area contributed by atoms with Gasteiger partial charge in [0.2, 0.25) is 5.91 Å². The highest BCUT2D eigenvalue weighted by Gasteiger charge is 2.30. The number of piperazine rings is 1. The Balaban J connectivity index is 1.76. The average Bonchev–Trinajstić information content (AvgIpc) is 3.01. The first-order chi connectivity index (χ1) is 11.5. The number of nitrogens with zero attached hydrogens (tertiary/aromatic N) is 3. The summed E-state index contributed by atoms with van der Waals surface area (Å²) in [5.74, 6) is -0.185. The van der Waals surface area contributed by atoms with Crippen molar-refractivity contribution >= 4 is 17.5 Å². The first-order valence-corrected chi connectivity index (χ1v) is 8.19. The second-order valence-electron chi connectivity index (χ2n) is 6.23. The molecule has 0 atom stereocenters. The summed E-state index contributed by atoms with van der Waals surface area (Å²) in [5.41, 5.74) is 4.53. The number of H-pyrrole nitrogens is 1. The van der Waals surface area contributed by atoms with Crippen LogP contribution in [0, 0.1) is 13.8 Å². The number of aromatic amines is 1. The number of carbonyl (C=O) groups is 2. The van der Waals surface area contributed by atoms with E-state index < -0.39 is 0 Å². The molecule has 1 aliphatic heterocycles. The van der Waals surface area contributed by atoms with Crippen molar-refractivity contribution in [2.75, 3.05) is 24.5 Å². The second-order valence-corrected chi connectivity index (χ2v) is 6.23. The third kappa shape index (κ3) is 3.04. The van der Waals surface area contributed by atoms with Crippen molar-refractivity contribution in [3.8, 4) is 0 Å². The number of carbonyl (C=O) groups excluding carboxylic acids is 2. The van der Waals surface area contributed by atoms with Gasteiger partial charge in [-0.15, -0.1) is 0 Å². The number of nitrogens with one attached hydrogen (secondary N) is 1. The normalized spacial score (nSPS) is 15.0. The number of rotatable bonds is 3. The SMILES string of the molecule is CCc1[nH]ncc1C(=O)N1CCN(c2cc(C)cc(C)c2)C(=O)C1. The monoisotopic (exact) mass is 326 g/mol. The van der Waals surface area contributed by atoms with Gasteiger partial charge < -0.3 is 9.80 Å². The molecule has 0 spiro atoms. The number of hydrogen-bond acceptors (Lipinski definition) is 3. The van der Waals surface area contributed by atoms with Crippen molar-refractivity contribution in [2.24, 2.45) is 0 Å². The molecule has 0 aliphatic carbocycles. The maximum atomic E-state index is 12.6. The van der Waals surface area contributed by atoms with Crippen LogP contribution < -0.4 is 4.90 Å². The number of amides is 2. The zero-order valence-electron chi connectivity index (χ0n) is 14.3. The predicted octanol–water partition coefficient (Wildman–Crippen LogP) is 2.08. The van der Waals surface area contributed by atoms with Gasteiger partial charge in [0.25, 0.3) is 5.91 Å². The fourth-order valence-electron chi connectivity index (χ4n) is 3.16. The zero-order chi connectivity index (χ0) is 17.3. The number of benzene rings is 1. The Labute approximate surface area is 141 Å². The molecule has 1 N–H and O–H groups in total. The molecule has 6 heteroatoms. The number of anilines is 1. The van der Waals surface area contributed by atoms with Gasteiger partial charge in [0.05, 0.1) is 11.8 Å². The van der Waals surface area contributed by atoms with Crippen LogP contribution in [0.25, 0.3) is 0 Å². The highest BCUT2D eigenvalue weighted by Crippen LogP contribution is 2.22. The second kappa shape index (κ2) is 6.47. The minimum Gasteiger partial charge on any atom is -0.327 e. The Kier molecular flexibility index (Phi) is 4.38. The average molecular weight is 326 g/mol. The Bertz CT molecular complexity index is 761. The summed E-state index contributed by atoms with van der Waals surface area (Å²) < 4.78 is 0. The Hall–Kier alpha value is -2.63. The number of aromatic nitrogens is 2. The molecule has 2 heterocycles. The van der Waals surface area contributed by atoms with Crippen molar-refractivity contribution in [1.82, 2.24) is 15.1 Å². The lowest BCUT2D eigenvalue weighted by Crippen LogP contribution is -2.52. The maximum Gasteiger partial charge on any atom is 0.257 e. The van der Waals surface area contributed by atoms with Gasteiger partial charge in [0.1, 0.15) is 6.54 Å². The van der Waals surface area contributed by atoms with E-state index >= 15 is 0 Å². The summed E-state index contributed by atoms with van der Waals surface area (Å²) in [6.45, 7) is 7.13. The molecule has 1 saturated heterocycles. The number of aryl methyl sites for hydroxylation is 3. The van der Waals surface area contributed by atoms with Gasteiger partial charge >= 0.3 is 0 Å². The molecule has 1 fully saturated rings. The zero-order valence-corrected chi connectivity index (χ0v) is 14.3. The fraction of sp³-hybridized carbons (Fsp3) is 0.389. The Morgan fingerprint density at radius 1 is 1.21 bits per heavy atom. The summed E-state index contributed by atoms with van der Waals surface area (Å²) in [7, 11) is 0. The highest BCUT2D eigenvalue weighted by molar-refractivity contribution is 6.02. The van der Waals surface area contributed by atoms with E-state index in [1.165, 1.54) is 0 Å². The van der Waals surface area contributed by atoms with Gasteiger partial charge in [-0.25, -0.2) is 0 Å². The van der Waals surface area contributed by atoms with Gasteiger partial charge in [-0.05, 0) is 43.5 Å². The van der Waals surface area contributed by atoms with E-state index in [1.807, 2.05) is 32.9 Å². The summed E-state index contributed by atoms with van der Waals surface area (Å²) in [6.07, 6.45) is 2.25. The largest absolute Gasteiger partial charge is 0.327 e. The lowest BCUT2D eigenvalue weighted by molar-refractivity contribution is -0.120. The first kappa shape index (κ1) is 16.2. The molecule has 0 radical (unpaired) electrons. The lowest BCUT2D eigenvalue weighted by Gasteiger charge is -2.34. The van der Waals surface area contributed by atoms with Gasteiger partial charge in [0, 0.05) is 24.5 Å². The van der Waals surface area contributed by atoms with Crippen molar-refractivity contribution in [3.63, 3.8) is 0 Å². The standard InChI is InChI=1S/C18H22N4O2/c1-4-16-15(10-19-20-16)18(24)21-5-6-22(17(23)11-21)14-8-12(2)7-13(3)9-14/h7-10H,4-6,11H2,1-3H3,(H,19,20). The van der Waals surface area contributed by atoms with Gasteiger partial charge in [-0.3, -0.25) is 14.7 Å². The van der Waals surface area contributed by atoms with Gasteiger partial charge in [-0.1, -0.05) is 13.0 Å². The van der Waals surface area contributed by atoms with Crippen LogP contribution in [-0.4, -0.2) is 46.5 Å². The summed E-state index contributed by atoms with van der Waals surface area (Å²) in [5, 5.41) is 6.78. The first-order valence-electron chi connectivity index (χ1n) is 8.19. The van der Waals surface area contributed by atoms with E-state index in [-0.39, 0.29) is 18.4 Å². The third-order valence-corrected chi connectivity index (χ3v) is 4.33. The van der Waals surface area contributed by atoms with E-state index in [2.05, 4.69) is 16.3 Å². The summed E-state index contributed by atoms with van der Waals surface area (Å²) in [4.78, 5) is 28.6. The molecule has 0 saturated carbocycles. The van der Waals surface area contributed by atoms with Crippen molar-refractivity contribution in [3.05, 3.63) is 46.8 Å². The Morgan fingerprint density at radius 3 is 2.54 bits per heavy atom. The van der Waals surface area contributed by atoms with E-state index in [0.717, 1.165) is 22.5 Å². The molecule has 1 aromatic carbocycles. The van der Waals surface area contributed by atoms with Crippen LogP contribution in [0.5, 0.6) is 0 Å². The minimum absolute atomic E-state index is 0.0545. The molecule has 24 heavy (non-hydrogen) atoms. The lowest BCUT2D eigenvalue weighted by atomic mass is 10.1. The summed E-state index contributed by atoms with van der Waals surface area (Å²) in [6, 6.07) is 6.10. The van der Waals surface area contributed by atoms with Crippen LogP contribution in [0.15, 0.2) is 24.4 Å². The highest BCUT2D eigenvalue weighted by atomic mass is 16.2. The predicted molar refractivity (Wildman–Crippen MR) is 92.1 cm³/mol. The molecule has 2 amide bonds. The van der Waals surface area contributed by atoms with Crippen LogP contribution in [0.4, 0.5) is 5.69 Å². The molecule has 0 bridgehead atoms. The molecular formula is C18H22N4O2. The molecule has 126 valence electrons. The van der Waals surface area contributed by atoms with Crippen LogP contribution >= 0.6 is 0 Å². The van der Waals surface area contributed by atoms with Crippen LogP contribution in [0.1, 0.15) is 34.1 Å². The quantitative estimate of drug-likeness (QED) is 0.939. The van der Waals surface area contributed by atoms with E-state index in [0.29, 0.717) is 25.1 Å². The van der Waals surface area contributed by atoms with E-state index in [9.17, 15) is 9.59 Å². The van der Waals surface area contributed by atoms with Crippen molar-refractivity contribution < 1.29 is 9.59 Å². The molecule has 6 nitrogen and oxygen atoms in total. The molecule has 1 aromatic heterocycles. The van der Waals surface area contributed by atoms with Gasteiger partial charge in [-0.2, -0.15) is 5.10 Å². The molecule has 1 aliphatic rings. The third-order valence-electron chi connectivity index (χ3n) is 4.33.